The van der Waals surface area contributed by atoms with Gasteiger partial charge in [-0.25, -0.2) is 4.98 Å². The third-order valence-electron chi connectivity index (χ3n) is 2.55. The lowest BCUT2D eigenvalue weighted by Crippen LogP contribution is -2.35. The summed E-state index contributed by atoms with van der Waals surface area (Å²) in [6, 6.07) is 6.51. The molecule has 1 aromatic heterocycles. The van der Waals surface area contributed by atoms with Crippen molar-refractivity contribution in [2.24, 2.45) is 5.73 Å². The summed E-state index contributed by atoms with van der Waals surface area (Å²) in [5.74, 6) is -1.38. The van der Waals surface area contributed by atoms with Crippen LogP contribution in [0, 0.1) is 0 Å². The first-order chi connectivity index (χ1) is 9.08. The molecule has 0 saturated heterocycles. The number of amides is 1. The Labute approximate surface area is 113 Å². The predicted octanol–water partition coefficient (Wildman–Crippen LogP) is 0.828. The maximum atomic E-state index is 11.8. The zero-order valence-electron chi connectivity index (χ0n) is 10.00. The minimum Gasteiger partial charge on any atom is -0.480 e. The number of carboxylic acids is 1. The fourth-order valence-electron chi connectivity index (χ4n) is 1.51. The van der Waals surface area contributed by atoms with E-state index in [0.29, 0.717) is 5.01 Å². The summed E-state index contributed by atoms with van der Waals surface area (Å²) in [5, 5.41) is 11.6. The molecule has 4 N–H and O–H groups in total. The summed E-state index contributed by atoms with van der Waals surface area (Å²) >= 11 is 1.30. The molecule has 2 rings (SSSR count). The maximum absolute atomic E-state index is 11.8. The monoisotopic (exact) mass is 279 g/mol. The fourth-order valence-corrected chi connectivity index (χ4v) is 2.39. The molecule has 0 saturated carbocycles. The molecule has 6 nitrogen and oxygen atoms in total. The number of aliphatic carboxylic acids is 1. The van der Waals surface area contributed by atoms with Crippen molar-refractivity contribution in [3.63, 3.8) is 0 Å². The zero-order chi connectivity index (χ0) is 13.8. The van der Waals surface area contributed by atoms with Gasteiger partial charge in [0.15, 0.2) is 5.01 Å². The minimum atomic E-state index is -1.07. The van der Waals surface area contributed by atoms with Crippen LogP contribution in [0.3, 0.4) is 0 Å². The van der Waals surface area contributed by atoms with Crippen LogP contribution in [0.2, 0.25) is 0 Å². The quantitative estimate of drug-likeness (QED) is 0.751. The number of fused-ring (bicyclic) bond motifs is 1. The molecule has 1 atom stereocenters. The molecule has 0 aliphatic heterocycles. The molecule has 7 heteroatoms. The number of benzene rings is 1. The van der Waals surface area contributed by atoms with E-state index in [1.807, 2.05) is 24.3 Å². The second-order valence-corrected chi connectivity index (χ2v) is 5.01. The molecule has 1 aromatic carbocycles. The van der Waals surface area contributed by atoms with E-state index in [1.54, 1.807) is 0 Å². The van der Waals surface area contributed by atoms with E-state index in [0.717, 1.165) is 10.2 Å². The van der Waals surface area contributed by atoms with Crippen LogP contribution in [-0.2, 0) is 4.79 Å². The van der Waals surface area contributed by atoms with E-state index >= 15 is 0 Å². The molecular weight excluding hydrogens is 266 g/mol. The summed E-state index contributed by atoms with van der Waals surface area (Å²) in [7, 11) is 0. The van der Waals surface area contributed by atoms with E-state index in [2.05, 4.69) is 10.3 Å². The van der Waals surface area contributed by atoms with Gasteiger partial charge in [-0.05, 0) is 18.6 Å². The number of nitrogens with one attached hydrogen (secondary N) is 1. The van der Waals surface area contributed by atoms with E-state index in [-0.39, 0.29) is 18.9 Å². The van der Waals surface area contributed by atoms with Crippen LogP contribution in [0.1, 0.15) is 16.2 Å². The van der Waals surface area contributed by atoms with Crippen molar-refractivity contribution in [3.8, 4) is 0 Å². The molecule has 0 aliphatic carbocycles. The average molecular weight is 279 g/mol. The third kappa shape index (κ3) is 3.27. The van der Waals surface area contributed by atoms with Crippen LogP contribution in [0.4, 0.5) is 0 Å². The van der Waals surface area contributed by atoms with E-state index in [9.17, 15) is 9.59 Å². The fraction of sp³-hybridized carbons (Fsp3) is 0.250. The minimum absolute atomic E-state index is 0.186. The first-order valence-corrected chi connectivity index (χ1v) is 6.51. The molecular formula is C12H13N3O3S. The molecule has 1 amide bonds. The Morgan fingerprint density at radius 3 is 2.84 bits per heavy atom. The molecule has 1 heterocycles. The molecule has 0 spiro atoms. The lowest BCUT2D eigenvalue weighted by Gasteiger charge is -2.06. The number of carboxylic acid groups (broad SMARTS) is 1. The first kappa shape index (κ1) is 13.4. The van der Waals surface area contributed by atoms with Crippen LogP contribution >= 0.6 is 11.3 Å². The number of aromatic nitrogens is 1. The van der Waals surface area contributed by atoms with Gasteiger partial charge < -0.3 is 16.2 Å². The third-order valence-corrected chi connectivity index (χ3v) is 3.58. The number of hydrogen-bond acceptors (Lipinski definition) is 5. The van der Waals surface area contributed by atoms with E-state index < -0.39 is 12.0 Å². The number of carbonyl (C=O) groups is 2. The van der Waals surface area contributed by atoms with Gasteiger partial charge in [0, 0.05) is 6.54 Å². The highest BCUT2D eigenvalue weighted by molar-refractivity contribution is 7.20. The van der Waals surface area contributed by atoms with Crippen molar-refractivity contribution in [2.75, 3.05) is 6.54 Å². The summed E-state index contributed by atoms with van der Waals surface area (Å²) < 4.78 is 0.940. The summed E-state index contributed by atoms with van der Waals surface area (Å²) in [6.45, 7) is 0.211. The maximum Gasteiger partial charge on any atom is 0.320 e. The van der Waals surface area contributed by atoms with E-state index in [4.69, 9.17) is 10.8 Å². The molecule has 0 radical (unpaired) electrons. The Bertz CT molecular complexity index is 578. The number of hydrogen-bond donors (Lipinski definition) is 3. The number of nitrogens with two attached hydrogens (primary N) is 1. The smallest absolute Gasteiger partial charge is 0.320 e. The number of nitrogens with zero attached hydrogens (tertiary/aromatic N) is 1. The number of para-hydroxylation sites is 1. The van der Waals surface area contributed by atoms with Gasteiger partial charge in [0.25, 0.3) is 5.91 Å². The Hall–Kier alpha value is -1.99. The van der Waals surface area contributed by atoms with Crippen LogP contribution in [0.25, 0.3) is 10.2 Å². The van der Waals surface area contributed by atoms with Crippen molar-refractivity contribution in [1.29, 1.82) is 0 Å². The standard InChI is InChI=1S/C12H13N3O3S/c13-7(12(17)18)5-6-14-10(16)11-15-8-3-1-2-4-9(8)19-11/h1-4,7H,5-6,13H2,(H,14,16)(H,17,18). The molecule has 0 aliphatic rings. The molecule has 19 heavy (non-hydrogen) atoms. The normalized spacial score (nSPS) is 12.3. The van der Waals surface area contributed by atoms with Crippen molar-refractivity contribution in [3.05, 3.63) is 29.3 Å². The number of thiazole rings is 1. The van der Waals surface area contributed by atoms with Crippen molar-refractivity contribution >= 4 is 33.4 Å². The Morgan fingerprint density at radius 1 is 1.42 bits per heavy atom. The molecule has 1 unspecified atom stereocenters. The second-order valence-electron chi connectivity index (χ2n) is 3.98. The Balaban J connectivity index is 1.94. The predicted molar refractivity (Wildman–Crippen MR) is 72.2 cm³/mol. The van der Waals surface area contributed by atoms with Gasteiger partial charge in [0.2, 0.25) is 0 Å². The van der Waals surface area contributed by atoms with Gasteiger partial charge in [-0.2, -0.15) is 0 Å². The highest BCUT2D eigenvalue weighted by Gasteiger charge is 2.14. The lowest BCUT2D eigenvalue weighted by molar-refractivity contribution is -0.138. The molecule has 0 bridgehead atoms. The van der Waals surface area contributed by atoms with Gasteiger partial charge in [-0.3, -0.25) is 9.59 Å². The van der Waals surface area contributed by atoms with Crippen molar-refractivity contribution in [1.82, 2.24) is 10.3 Å². The van der Waals surface area contributed by atoms with Crippen LogP contribution in [0.5, 0.6) is 0 Å². The van der Waals surface area contributed by atoms with Gasteiger partial charge in [-0.15, -0.1) is 11.3 Å². The zero-order valence-corrected chi connectivity index (χ0v) is 10.8. The highest BCUT2D eigenvalue weighted by Crippen LogP contribution is 2.21. The van der Waals surface area contributed by atoms with Crippen molar-refractivity contribution in [2.45, 2.75) is 12.5 Å². The van der Waals surface area contributed by atoms with Crippen LogP contribution in [-0.4, -0.2) is 34.6 Å². The summed E-state index contributed by atoms with van der Waals surface area (Å²) in [6.07, 6.45) is 0.186. The Morgan fingerprint density at radius 2 is 2.16 bits per heavy atom. The summed E-state index contributed by atoms with van der Waals surface area (Å²) in [5.41, 5.74) is 6.12. The highest BCUT2D eigenvalue weighted by atomic mass is 32.1. The molecule has 0 fully saturated rings. The van der Waals surface area contributed by atoms with Crippen LogP contribution in [0.15, 0.2) is 24.3 Å². The van der Waals surface area contributed by atoms with Gasteiger partial charge in [-0.1, -0.05) is 12.1 Å². The largest absolute Gasteiger partial charge is 0.480 e. The van der Waals surface area contributed by atoms with Crippen molar-refractivity contribution < 1.29 is 14.7 Å². The lowest BCUT2D eigenvalue weighted by atomic mass is 10.2. The van der Waals surface area contributed by atoms with Gasteiger partial charge in [0.05, 0.1) is 10.2 Å². The first-order valence-electron chi connectivity index (χ1n) is 5.70. The SMILES string of the molecule is NC(CCNC(=O)c1nc2ccccc2s1)C(=O)O. The number of carbonyl (C=O) groups excluding carboxylic acids is 1. The van der Waals surface area contributed by atoms with Crippen LogP contribution < -0.4 is 11.1 Å². The van der Waals surface area contributed by atoms with Gasteiger partial charge in [0.1, 0.15) is 6.04 Å². The average Bonchev–Trinajstić information content (AvgIpc) is 2.82. The molecule has 2 aromatic rings. The van der Waals surface area contributed by atoms with E-state index in [1.165, 1.54) is 11.3 Å². The van der Waals surface area contributed by atoms with Gasteiger partial charge >= 0.3 is 5.97 Å². The molecule has 100 valence electrons. The second kappa shape index (κ2) is 5.77. The summed E-state index contributed by atoms with van der Waals surface area (Å²) in [4.78, 5) is 26.5. The topological polar surface area (TPSA) is 105 Å². The Kier molecular flexibility index (Phi) is 4.08. The number of rotatable bonds is 5.